The van der Waals surface area contributed by atoms with E-state index in [1.54, 1.807) is 12.2 Å². The van der Waals surface area contributed by atoms with E-state index in [9.17, 15) is 9.90 Å². The number of nitrogens with zero attached hydrogens (tertiary/aromatic N) is 2. The largest absolute Gasteiger partial charge is 0.512 e. The minimum absolute atomic E-state index is 0.0839. The average Bonchev–Trinajstić information content (AvgIpc) is 3.20. The zero-order chi connectivity index (χ0) is 24.9. The second-order valence-electron chi connectivity index (χ2n) is 9.33. The third-order valence-corrected chi connectivity index (χ3v) is 7.66. The van der Waals surface area contributed by atoms with Crippen molar-refractivity contribution in [3.05, 3.63) is 121 Å². The van der Waals surface area contributed by atoms with Gasteiger partial charge in [-0.3, -0.25) is 4.79 Å². The molecule has 2 N–H and O–H groups in total. The zero-order valence-corrected chi connectivity index (χ0v) is 20.3. The first kappa shape index (κ1) is 24.6. The van der Waals surface area contributed by atoms with Crippen molar-refractivity contribution >= 4 is 5.91 Å². The van der Waals surface area contributed by atoms with Crippen LogP contribution in [0.25, 0.3) is 0 Å². The van der Waals surface area contributed by atoms with Gasteiger partial charge in [-0.05, 0) is 49.1 Å². The van der Waals surface area contributed by atoms with Gasteiger partial charge in [0.2, 0.25) is 5.91 Å². The summed E-state index contributed by atoms with van der Waals surface area (Å²) < 4.78 is 0. The molecule has 0 aromatic heterocycles. The number of nitrogens with one attached hydrogen (secondary N) is 1. The fourth-order valence-corrected chi connectivity index (χ4v) is 5.66. The van der Waals surface area contributed by atoms with Gasteiger partial charge in [-0.1, -0.05) is 86.5 Å². The molecule has 1 amide bonds. The van der Waals surface area contributed by atoms with Crippen LogP contribution in [0.3, 0.4) is 0 Å². The number of benzene rings is 2. The minimum Gasteiger partial charge on any atom is -0.512 e. The van der Waals surface area contributed by atoms with Crippen molar-refractivity contribution in [3.63, 3.8) is 0 Å². The highest BCUT2D eigenvalue weighted by molar-refractivity contribution is 5.89. The number of rotatable bonds is 9. The fourth-order valence-electron chi connectivity index (χ4n) is 5.66. The van der Waals surface area contributed by atoms with Crippen molar-refractivity contribution < 1.29 is 9.90 Å². The summed E-state index contributed by atoms with van der Waals surface area (Å²) in [6, 6.07) is 20.2. The van der Waals surface area contributed by atoms with Gasteiger partial charge in [0, 0.05) is 18.8 Å². The van der Waals surface area contributed by atoms with Crippen LogP contribution in [-0.2, 0) is 10.2 Å². The van der Waals surface area contributed by atoms with Gasteiger partial charge in [-0.25, -0.2) is 0 Å². The molecule has 182 valence electrons. The van der Waals surface area contributed by atoms with E-state index in [4.69, 9.17) is 0 Å². The standard InChI is InChI=1S/C30H35N3O2/c1-4-12-27(5-2)33-23-31-28(35)29(33)17-20-32(21-18-29)22-19-30(24(3)34,25-13-8-6-9-14-25)26-15-10-7-11-16-26/h4-16,34H,1-3,17-23H2,(H,31,35)/b27-12+. The molecule has 0 aliphatic carbocycles. The quantitative estimate of drug-likeness (QED) is 0.405. The molecule has 2 heterocycles. The molecule has 4 rings (SSSR count). The molecule has 0 atom stereocenters. The number of likely N-dealkylation sites (tertiary alicyclic amines) is 1. The maximum atomic E-state index is 13.0. The van der Waals surface area contributed by atoms with Crippen LogP contribution in [0.1, 0.15) is 30.4 Å². The van der Waals surface area contributed by atoms with Crippen molar-refractivity contribution in [3.8, 4) is 0 Å². The van der Waals surface area contributed by atoms with Crippen molar-refractivity contribution in [2.24, 2.45) is 0 Å². The summed E-state index contributed by atoms with van der Waals surface area (Å²) in [7, 11) is 0. The number of carbonyl (C=O) groups excluding carboxylic acids is 1. The predicted octanol–water partition coefficient (Wildman–Crippen LogP) is 4.91. The van der Waals surface area contributed by atoms with Gasteiger partial charge < -0.3 is 20.2 Å². The first-order chi connectivity index (χ1) is 17.0. The molecular weight excluding hydrogens is 434 g/mol. The van der Waals surface area contributed by atoms with Crippen LogP contribution >= 0.6 is 0 Å². The molecule has 0 saturated carbocycles. The molecule has 2 saturated heterocycles. The normalized spacial score (nSPS) is 18.3. The smallest absolute Gasteiger partial charge is 0.247 e. The number of hydrogen-bond acceptors (Lipinski definition) is 4. The number of aliphatic hydroxyl groups is 1. The lowest BCUT2D eigenvalue weighted by Crippen LogP contribution is -2.56. The summed E-state index contributed by atoms with van der Waals surface area (Å²) in [5.41, 5.74) is 1.71. The van der Waals surface area contributed by atoms with Crippen molar-refractivity contribution in [2.75, 3.05) is 26.3 Å². The van der Waals surface area contributed by atoms with Gasteiger partial charge >= 0.3 is 0 Å². The molecular formula is C30H35N3O2. The molecule has 2 aliphatic rings. The van der Waals surface area contributed by atoms with Gasteiger partial charge in [0.15, 0.2) is 0 Å². The highest BCUT2D eigenvalue weighted by Gasteiger charge is 2.50. The molecule has 35 heavy (non-hydrogen) atoms. The monoisotopic (exact) mass is 469 g/mol. The maximum Gasteiger partial charge on any atom is 0.247 e. The molecule has 5 heteroatoms. The Bertz CT molecular complexity index is 1060. The second-order valence-corrected chi connectivity index (χ2v) is 9.33. The average molecular weight is 470 g/mol. The van der Waals surface area contributed by atoms with Crippen LogP contribution in [0.4, 0.5) is 0 Å². The number of aliphatic hydroxyl groups excluding tert-OH is 1. The predicted molar refractivity (Wildman–Crippen MR) is 142 cm³/mol. The third kappa shape index (κ3) is 4.44. The molecule has 1 spiro atoms. The lowest BCUT2D eigenvalue weighted by Gasteiger charge is -2.44. The molecule has 5 nitrogen and oxygen atoms in total. The third-order valence-electron chi connectivity index (χ3n) is 7.66. The SMILES string of the molecule is C=C/C=C(\C=C)N1CNC(=O)C12CCN(CCC(C(=C)O)(c1ccccc1)c1ccccc1)CC2. The highest BCUT2D eigenvalue weighted by atomic mass is 16.3. The van der Waals surface area contributed by atoms with Crippen LogP contribution in [0.15, 0.2) is 110 Å². The van der Waals surface area contributed by atoms with Crippen LogP contribution in [0.2, 0.25) is 0 Å². The van der Waals surface area contributed by atoms with E-state index in [1.165, 1.54) is 0 Å². The van der Waals surface area contributed by atoms with Crippen LogP contribution in [0, 0.1) is 0 Å². The van der Waals surface area contributed by atoms with E-state index in [-0.39, 0.29) is 11.7 Å². The van der Waals surface area contributed by atoms with E-state index in [1.807, 2.05) is 42.5 Å². The molecule has 0 unspecified atom stereocenters. The highest BCUT2D eigenvalue weighted by Crippen LogP contribution is 2.42. The number of hydrogen-bond donors (Lipinski definition) is 2. The van der Waals surface area contributed by atoms with E-state index in [0.717, 1.165) is 49.3 Å². The Morgan fingerprint density at radius 1 is 1.03 bits per heavy atom. The van der Waals surface area contributed by atoms with E-state index >= 15 is 0 Å². The van der Waals surface area contributed by atoms with Gasteiger partial charge in [-0.2, -0.15) is 0 Å². The molecule has 0 radical (unpaired) electrons. The molecule has 2 aromatic carbocycles. The summed E-state index contributed by atoms with van der Waals surface area (Å²) >= 11 is 0. The Labute approximate surface area is 208 Å². The van der Waals surface area contributed by atoms with Crippen LogP contribution in [0.5, 0.6) is 0 Å². The summed E-state index contributed by atoms with van der Waals surface area (Å²) in [6.07, 6.45) is 7.57. The number of piperidine rings is 1. The van der Waals surface area contributed by atoms with Crippen LogP contribution < -0.4 is 5.32 Å². The summed E-state index contributed by atoms with van der Waals surface area (Å²) in [5, 5.41) is 14.0. The van der Waals surface area contributed by atoms with Crippen molar-refractivity contribution in [2.45, 2.75) is 30.2 Å². The maximum absolute atomic E-state index is 13.0. The number of allylic oxidation sites excluding steroid dienone is 4. The molecule has 2 fully saturated rings. The minimum atomic E-state index is -0.697. The van der Waals surface area contributed by atoms with E-state index in [0.29, 0.717) is 13.1 Å². The van der Waals surface area contributed by atoms with Gasteiger partial charge in [0.05, 0.1) is 12.1 Å². The Hall–Kier alpha value is -3.57. The first-order valence-corrected chi connectivity index (χ1v) is 12.2. The Morgan fingerprint density at radius 2 is 1.60 bits per heavy atom. The number of amides is 1. The summed E-state index contributed by atoms with van der Waals surface area (Å²) in [6.45, 7) is 14.6. The topological polar surface area (TPSA) is 55.8 Å². The van der Waals surface area contributed by atoms with Gasteiger partial charge in [-0.15, -0.1) is 0 Å². The Kier molecular flexibility index (Phi) is 7.27. The van der Waals surface area contributed by atoms with Gasteiger partial charge in [0.1, 0.15) is 11.3 Å². The summed E-state index contributed by atoms with van der Waals surface area (Å²) in [4.78, 5) is 17.5. The summed E-state index contributed by atoms with van der Waals surface area (Å²) in [5.74, 6) is 0.232. The van der Waals surface area contributed by atoms with Crippen LogP contribution in [-0.4, -0.2) is 52.7 Å². The Balaban J connectivity index is 1.55. The molecule has 0 bridgehead atoms. The second kappa shape index (κ2) is 10.4. The van der Waals surface area contributed by atoms with Crippen molar-refractivity contribution in [1.29, 1.82) is 0 Å². The Morgan fingerprint density at radius 3 is 2.09 bits per heavy atom. The fraction of sp³-hybridized carbons (Fsp3) is 0.300. The van der Waals surface area contributed by atoms with E-state index in [2.05, 4.69) is 59.1 Å². The molecule has 2 aromatic rings. The number of carbonyl (C=O) groups is 1. The first-order valence-electron chi connectivity index (χ1n) is 12.2. The van der Waals surface area contributed by atoms with Crippen molar-refractivity contribution in [1.82, 2.24) is 15.1 Å². The lowest BCUT2D eigenvalue weighted by molar-refractivity contribution is -0.128. The lowest BCUT2D eigenvalue weighted by atomic mass is 9.70. The molecule has 2 aliphatic heterocycles. The van der Waals surface area contributed by atoms with Gasteiger partial charge in [0.25, 0.3) is 0 Å². The van der Waals surface area contributed by atoms with E-state index < -0.39 is 11.0 Å². The zero-order valence-electron chi connectivity index (χ0n) is 20.3.